The van der Waals surface area contributed by atoms with E-state index in [-0.39, 0.29) is 23.4 Å². The number of allylic oxidation sites excluding steroid dienone is 2. The van der Waals surface area contributed by atoms with Crippen molar-refractivity contribution in [1.82, 2.24) is 0 Å². The molecule has 0 saturated heterocycles. The molecule has 24 heavy (non-hydrogen) atoms. The van der Waals surface area contributed by atoms with E-state index in [1.165, 1.54) is 30.0 Å². The molecule has 1 aliphatic heterocycles. The highest BCUT2D eigenvalue weighted by molar-refractivity contribution is 8.14. The Kier molecular flexibility index (Phi) is 6.35. The van der Waals surface area contributed by atoms with Gasteiger partial charge >= 0.3 is 5.97 Å². The Morgan fingerprint density at radius 3 is 2.79 bits per heavy atom. The SMILES string of the molecule is CCOC(=O)CSC1=NC(C)=C(C(C)=O)C(c2cccs2)C1C#N. The number of nitrogens with zero attached hydrogens (tertiary/aromatic N) is 2. The van der Waals surface area contributed by atoms with Crippen molar-refractivity contribution in [1.29, 1.82) is 5.26 Å². The summed E-state index contributed by atoms with van der Waals surface area (Å²) in [5, 5.41) is 12.2. The Morgan fingerprint density at radius 2 is 2.25 bits per heavy atom. The highest BCUT2D eigenvalue weighted by Crippen LogP contribution is 2.42. The molecule has 1 aliphatic rings. The number of aliphatic imine (C=N–C) groups is 1. The molecular formula is C17H18N2O3S2. The number of hydrogen-bond donors (Lipinski definition) is 0. The fraction of sp³-hybridized carbons (Fsp3) is 0.412. The van der Waals surface area contributed by atoms with Crippen LogP contribution in [0.15, 0.2) is 33.8 Å². The second kappa shape index (κ2) is 8.27. The number of ether oxygens (including phenoxy) is 1. The topological polar surface area (TPSA) is 79.5 Å². The Morgan fingerprint density at radius 1 is 1.50 bits per heavy atom. The Hall–Kier alpha value is -1.91. The summed E-state index contributed by atoms with van der Waals surface area (Å²) < 4.78 is 4.93. The van der Waals surface area contributed by atoms with Gasteiger partial charge in [0.15, 0.2) is 5.78 Å². The first-order valence-corrected chi connectivity index (χ1v) is 9.37. The highest BCUT2D eigenvalue weighted by Gasteiger charge is 2.38. The molecule has 0 saturated carbocycles. The zero-order valence-corrected chi connectivity index (χ0v) is 15.4. The van der Waals surface area contributed by atoms with Crippen molar-refractivity contribution >= 4 is 39.9 Å². The summed E-state index contributed by atoms with van der Waals surface area (Å²) >= 11 is 2.72. The van der Waals surface area contributed by atoms with E-state index in [1.807, 2.05) is 17.5 Å². The molecule has 0 amide bonds. The number of hydrogen-bond acceptors (Lipinski definition) is 7. The van der Waals surface area contributed by atoms with Crippen molar-refractivity contribution in [2.75, 3.05) is 12.4 Å². The minimum absolute atomic E-state index is 0.0793. The van der Waals surface area contributed by atoms with Gasteiger partial charge in [-0.25, -0.2) is 4.99 Å². The molecule has 0 spiro atoms. The van der Waals surface area contributed by atoms with Crippen molar-refractivity contribution in [2.24, 2.45) is 10.9 Å². The van der Waals surface area contributed by atoms with Crippen LogP contribution in [0.3, 0.4) is 0 Å². The minimum atomic E-state index is -0.578. The second-order valence-electron chi connectivity index (χ2n) is 5.20. The predicted molar refractivity (Wildman–Crippen MR) is 96.1 cm³/mol. The summed E-state index contributed by atoms with van der Waals surface area (Å²) in [5.41, 5.74) is 1.18. The molecule has 0 fully saturated rings. The second-order valence-corrected chi connectivity index (χ2v) is 7.17. The maximum atomic E-state index is 12.1. The van der Waals surface area contributed by atoms with Gasteiger partial charge < -0.3 is 4.74 Å². The summed E-state index contributed by atoms with van der Waals surface area (Å²) in [6, 6.07) is 6.10. The van der Waals surface area contributed by atoms with Gasteiger partial charge in [0.25, 0.3) is 0 Å². The van der Waals surface area contributed by atoms with Crippen molar-refractivity contribution in [3.63, 3.8) is 0 Å². The van der Waals surface area contributed by atoms with E-state index in [2.05, 4.69) is 11.1 Å². The first kappa shape index (κ1) is 18.4. The van der Waals surface area contributed by atoms with E-state index in [1.54, 1.807) is 13.8 Å². The maximum absolute atomic E-state index is 12.1. The van der Waals surface area contributed by atoms with Gasteiger partial charge in [0.1, 0.15) is 5.92 Å². The third-order valence-electron chi connectivity index (χ3n) is 3.59. The number of esters is 1. The molecule has 0 radical (unpaired) electrons. The quantitative estimate of drug-likeness (QED) is 0.749. The summed E-state index contributed by atoms with van der Waals surface area (Å²) in [6.45, 7) is 5.34. The molecule has 2 rings (SSSR count). The molecule has 7 heteroatoms. The molecule has 0 aromatic carbocycles. The monoisotopic (exact) mass is 362 g/mol. The zero-order valence-electron chi connectivity index (χ0n) is 13.7. The van der Waals surface area contributed by atoms with Crippen LogP contribution < -0.4 is 0 Å². The largest absolute Gasteiger partial charge is 0.465 e. The van der Waals surface area contributed by atoms with Crippen molar-refractivity contribution in [3.8, 4) is 6.07 Å². The molecule has 126 valence electrons. The summed E-state index contributed by atoms with van der Waals surface area (Å²) in [4.78, 5) is 29.1. The smallest absolute Gasteiger partial charge is 0.316 e. The number of rotatable bonds is 5. The zero-order chi connectivity index (χ0) is 17.7. The molecule has 2 atom stereocenters. The molecule has 2 unspecified atom stereocenters. The number of carbonyl (C=O) groups is 2. The van der Waals surface area contributed by atoms with Crippen LogP contribution in [0.25, 0.3) is 0 Å². The van der Waals surface area contributed by atoms with E-state index in [0.717, 1.165) is 4.88 Å². The number of ketones is 1. The molecule has 1 aromatic rings. The maximum Gasteiger partial charge on any atom is 0.316 e. The van der Waals surface area contributed by atoms with Crippen LogP contribution in [-0.4, -0.2) is 29.2 Å². The number of Topliss-reactive ketones (excluding diaryl/α,β-unsaturated/α-hetero) is 1. The van der Waals surface area contributed by atoms with Gasteiger partial charge in [-0.05, 0) is 32.2 Å². The third kappa shape index (κ3) is 3.94. The molecular weight excluding hydrogens is 344 g/mol. The molecule has 2 heterocycles. The first-order valence-electron chi connectivity index (χ1n) is 7.51. The van der Waals surface area contributed by atoms with Crippen LogP contribution >= 0.6 is 23.1 Å². The molecule has 5 nitrogen and oxygen atoms in total. The number of thioether (sulfide) groups is 1. The van der Waals surface area contributed by atoms with Gasteiger partial charge in [-0.1, -0.05) is 17.8 Å². The fourth-order valence-corrected chi connectivity index (χ4v) is 4.46. The van der Waals surface area contributed by atoms with Crippen molar-refractivity contribution < 1.29 is 14.3 Å². The Bertz CT molecular complexity index is 730. The average molecular weight is 362 g/mol. The van der Waals surface area contributed by atoms with Crippen LogP contribution in [0, 0.1) is 17.2 Å². The summed E-state index contributed by atoms with van der Waals surface area (Å²) in [7, 11) is 0. The van der Waals surface area contributed by atoms with Gasteiger partial charge in [0, 0.05) is 22.1 Å². The fourth-order valence-electron chi connectivity index (χ4n) is 2.67. The summed E-state index contributed by atoms with van der Waals surface area (Å²) in [5.74, 6) is -1.23. The van der Waals surface area contributed by atoms with Crippen LogP contribution in [0.1, 0.15) is 31.6 Å². The molecule has 0 N–H and O–H groups in total. The molecule has 1 aromatic heterocycles. The number of thiophene rings is 1. The molecule has 0 aliphatic carbocycles. The van der Waals surface area contributed by atoms with Crippen molar-refractivity contribution in [2.45, 2.75) is 26.7 Å². The van der Waals surface area contributed by atoms with E-state index < -0.39 is 5.92 Å². The van der Waals surface area contributed by atoms with Crippen LogP contribution in [-0.2, 0) is 14.3 Å². The van der Waals surface area contributed by atoms with Crippen molar-refractivity contribution in [3.05, 3.63) is 33.7 Å². The van der Waals surface area contributed by atoms with Crippen LogP contribution in [0.2, 0.25) is 0 Å². The lowest BCUT2D eigenvalue weighted by Gasteiger charge is -2.28. The lowest BCUT2D eigenvalue weighted by molar-refractivity contribution is -0.139. The first-order chi connectivity index (χ1) is 11.5. The molecule has 0 bridgehead atoms. The van der Waals surface area contributed by atoms with E-state index in [9.17, 15) is 14.9 Å². The predicted octanol–water partition coefficient (Wildman–Crippen LogP) is 3.54. The Balaban J connectivity index is 2.38. The van der Waals surface area contributed by atoms with E-state index >= 15 is 0 Å². The standard InChI is InChI=1S/C17H18N2O3S2/c1-4-22-14(21)9-24-17-12(8-18)16(13-6-5-7-23-13)15(11(3)20)10(2)19-17/h5-7,12,16H,4,9H2,1-3H3. The minimum Gasteiger partial charge on any atom is -0.465 e. The van der Waals surface area contributed by atoms with Gasteiger partial charge in [-0.15, -0.1) is 11.3 Å². The van der Waals surface area contributed by atoms with E-state index in [4.69, 9.17) is 4.74 Å². The lowest BCUT2D eigenvalue weighted by Crippen LogP contribution is -2.28. The Labute approximate surface area is 149 Å². The van der Waals surface area contributed by atoms with Gasteiger partial charge in [0.05, 0.1) is 23.5 Å². The van der Waals surface area contributed by atoms with Gasteiger partial charge in [-0.2, -0.15) is 5.26 Å². The number of nitriles is 1. The normalized spacial score (nSPS) is 20.3. The van der Waals surface area contributed by atoms with Crippen LogP contribution in [0.5, 0.6) is 0 Å². The van der Waals surface area contributed by atoms with Gasteiger partial charge in [0.2, 0.25) is 0 Å². The highest BCUT2D eigenvalue weighted by atomic mass is 32.2. The van der Waals surface area contributed by atoms with Gasteiger partial charge in [-0.3, -0.25) is 9.59 Å². The third-order valence-corrected chi connectivity index (χ3v) is 5.57. The summed E-state index contributed by atoms with van der Waals surface area (Å²) in [6.07, 6.45) is 0. The van der Waals surface area contributed by atoms with Crippen LogP contribution in [0.4, 0.5) is 0 Å². The average Bonchev–Trinajstić information content (AvgIpc) is 3.06. The lowest BCUT2D eigenvalue weighted by atomic mass is 9.81. The number of carbonyl (C=O) groups excluding carboxylic acids is 2. The van der Waals surface area contributed by atoms with E-state index in [0.29, 0.717) is 22.9 Å².